The van der Waals surface area contributed by atoms with E-state index in [0.29, 0.717) is 24.1 Å². The van der Waals surface area contributed by atoms with Crippen molar-refractivity contribution in [3.05, 3.63) is 51.7 Å². The summed E-state index contributed by atoms with van der Waals surface area (Å²) in [7, 11) is 0. The highest BCUT2D eigenvalue weighted by molar-refractivity contribution is 7.12. The lowest BCUT2D eigenvalue weighted by atomic mass is 10.3. The van der Waals surface area contributed by atoms with Gasteiger partial charge in [0.2, 0.25) is 0 Å². The van der Waals surface area contributed by atoms with Gasteiger partial charge in [-0.2, -0.15) is 0 Å². The predicted molar refractivity (Wildman–Crippen MR) is 82.6 cm³/mol. The Morgan fingerprint density at radius 3 is 2.70 bits per heavy atom. The van der Waals surface area contributed by atoms with Crippen molar-refractivity contribution in [3.8, 4) is 5.75 Å². The van der Waals surface area contributed by atoms with Gasteiger partial charge in [-0.1, -0.05) is 22.8 Å². The second kappa shape index (κ2) is 7.77. The van der Waals surface area contributed by atoms with Crippen LogP contribution >= 0.6 is 22.9 Å². The van der Waals surface area contributed by atoms with E-state index < -0.39 is 0 Å². The van der Waals surface area contributed by atoms with Crippen LogP contribution in [0.1, 0.15) is 11.3 Å². The molecule has 6 heteroatoms. The zero-order chi connectivity index (χ0) is 14.2. The zero-order valence-electron chi connectivity index (χ0n) is 10.8. The molecule has 0 saturated heterocycles. The summed E-state index contributed by atoms with van der Waals surface area (Å²) >= 11 is 7.31. The fourth-order valence-corrected chi connectivity index (χ4v) is 2.17. The van der Waals surface area contributed by atoms with Crippen LogP contribution in [0.4, 0.5) is 0 Å². The summed E-state index contributed by atoms with van der Waals surface area (Å²) in [4.78, 5) is 6.05. The molecule has 0 bridgehead atoms. The molecule has 0 aliphatic carbocycles. The first-order chi connectivity index (χ1) is 9.75. The summed E-state index contributed by atoms with van der Waals surface area (Å²) in [5, 5.41) is 6.49. The standard InChI is InChI=1S/C14H15ClN2O2S/c15-11-4-6-12(7-5-11)18-8-2-9-19-17-14(16)13-3-1-10-20-13/h1,3-7,10H,2,8-9H2,(H2,16,17). The number of hydrogen-bond acceptors (Lipinski definition) is 4. The molecular weight excluding hydrogens is 296 g/mol. The second-order valence-corrected chi connectivity index (χ2v) is 5.33. The van der Waals surface area contributed by atoms with Gasteiger partial charge in [0.15, 0.2) is 5.84 Å². The van der Waals surface area contributed by atoms with E-state index >= 15 is 0 Å². The normalized spacial score (nSPS) is 11.3. The molecule has 0 fully saturated rings. The Balaban J connectivity index is 1.62. The third-order valence-corrected chi connectivity index (χ3v) is 3.54. The van der Waals surface area contributed by atoms with Crippen LogP contribution in [0.2, 0.25) is 5.02 Å². The minimum Gasteiger partial charge on any atom is -0.493 e. The van der Waals surface area contributed by atoms with Crippen molar-refractivity contribution in [1.29, 1.82) is 0 Å². The van der Waals surface area contributed by atoms with Crippen molar-refractivity contribution in [2.24, 2.45) is 10.9 Å². The number of oxime groups is 1. The van der Waals surface area contributed by atoms with Gasteiger partial charge in [-0.3, -0.25) is 0 Å². The Labute approximate surface area is 126 Å². The molecule has 2 N–H and O–H groups in total. The van der Waals surface area contributed by atoms with Crippen LogP contribution in [-0.2, 0) is 4.84 Å². The van der Waals surface area contributed by atoms with E-state index in [1.54, 1.807) is 12.1 Å². The van der Waals surface area contributed by atoms with Crippen molar-refractivity contribution in [3.63, 3.8) is 0 Å². The molecular formula is C14H15ClN2O2S. The third-order valence-electron chi connectivity index (χ3n) is 2.40. The Kier molecular flexibility index (Phi) is 5.70. The van der Waals surface area contributed by atoms with Crippen molar-refractivity contribution >= 4 is 28.8 Å². The molecule has 0 amide bonds. The summed E-state index contributed by atoms with van der Waals surface area (Å²) in [5.74, 6) is 1.19. The van der Waals surface area contributed by atoms with Gasteiger partial charge in [-0.25, -0.2) is 0 Å². The third kappa shape index (κ3) is 4.75. The maximum absolute atomic E-state index is 5.78. The van der Waals surface area contributed by atoms with Gasteiger partial charge in [0.1, 0.15) is 12.4 Å². The Morgan fingerprint density at radius 1 is 1.20 bits per heavy atom. The van der Waals surface area contributed by atoms with E-state index in [0.717, 1.165) is 17.0 Å². The first-order valence-electron chi connectivity index (χ1n) is 6.13. The number of amidine groups is 1. The Hall–Kier alpha value is -1.72. The van der Waals surface area contributed by atoms with E-state index in [1.807, 2.05) is 29.6 Å². The van der Waals surface area contributed by atoms with Crippen LogP contribution in [0.3, 0.4) is 0 Å². The molecule has 0 radical (unpaired) electrons. The molecule has 0 aliphatic rings. The number of rotatable bonds is 7. The number of nitrogens with zero attached hydrogens (tertiary/aromatic N) is 1. The first kappa shape index (κ1) is 14.7. The fourth-order valence-electron chi connectivity index (χ4n) is 1.43. The molecule has 2 aromatic rings. The lowest BCUT2D eigenvalue weighted by molar-refractivity contribution is 0.127. The molecule has 4 nitrogen and oxygen atoms in total. The monoisotopic (exact) mass is 310 g/mol. The summed E-state index contributed by atoms with van der Waals surface area (Å²) in [6.45, 7) is 1.01. The lowest BCUT2D eigenvalue weighted by Gasteiger charge is -2.05. The summed E-state index contributed by atoms with van der Waals surface area (Å²) < 4.78 is 5.52. The highest BCUT2D eigenvalue weighted by atomic mass is 35.5. The maximum Gasteiger partial charge on any atom is 0.180 e. The number of hydrogen-bond donors (Lipinski definition) is 1. The molecule has 0 aliphatic heterocycles. The number of thiophene rings is 1. The maximum atomic E-state index is 5.78. The molecule has 1 aromatic carbocycles. The fraction of sp³-hybridized carbons (Fsp3) is 0.214. The van der Waals surface area contributed by atoms with E-state index in [4.69, 9.17) is 26.9 Å². The molecule has 0 spiro atoms. The molecule has 20 heavy (non-hydrogen) atoms. The van der Waals surface area contributed by atoms with Crippen LogP contribution in [0.5, 0.6) is 5.75 Å². The highest BCUT2D eigenvalue weighted by Crippen LogP contribution is 2.15. The topological polar surface area (TPSA) is 56.8 Å². The second-order valence-electron chi connectivity index (χ2n) is 3.94. The van der Waals surface area contributed by atoms with Crippen LogP contribution < -0.4 is 10.5 Å². The van der Waals surface area contributed by atoms with Gasteiger partial charge in [0, 0.05) is 11.4 Å². The largest absolute Gasteiger partial charge is 0.493 e. The molecule has 1 heterocycles. The van der Waals surface area contributed by atoms with Gasteiger partial charge >= 0.3 is 0 Å². The number of ether oxygens (including phenoxy) is 1. The molecule has 106 valence electrons. The van der Waals surface area contributed by atoms with Gasteiger partial charge in [0.25, 0.3) is 0 Å². The van der Waals surface area contributed by atoms with Gasteiger partial charge in [-0.05, 0) is 35.7 Å². The number of nitrogens with two attached hydrogens (primary N) is 1. The van der Waals surface area contributed by atoms with Gasteiger partial charge in [-0.15, -0.1) is 11.3 Å². The predicted octanol–water partition coefficient (Wildman–Crippen LogP) is 3.51. The minimum atomic E-state index is 0.401. The smallest absolute Gasteiger partial charge is 0.180 e. The zero-order valence-corrected chi connectivity index (χ0v) is 12.4. The van der Waals surface area contributed by atoms with Crippen LogP contribution in [0, 0.1) is 0 Å². The van der Waals surface area contributed by atoms with Gasteiger partial charge < -0.3 is 15.3 Å². The molecule has 0 unspecified atom stereocenters. The minimum absolute atomic E-state index is 0.401. The lowest BCUT2D eigenvalue weighted by Crippen LogP contribution is -2.12. The molecule has 0 saturated carbocycles. The van der Waals surface area contributed by atoms with Crippen molar-refractivity contribution in [2.75, 3.05) is 13.2 Å². The average Bonchev–Trinajstić information content (AvgIpc) is 2.98. The molecule has 1 aromatic heterocycles. The Bertz CT molecular complexity index is 541. The number of benzene rings is 1. The van der Waals surface area contributed by atoms with E-state index in [-0.39, 0.29) is 0 Å². The first-order valence-corrected chi connectivity index (χ1v) is 7.39. The van der Waals surface area contributed by atoms with Crippen LogP contribution in [0.15, 0.2) is 46.9 Å². The van der Waals surface area contributed by atoms with Crippen molar-refractivity contribution in [2.45, 2.75) is 6.42 Å². The van der Waals surface area contributed by atoms with E-state index in [9.17, 15) is 0 Å². The summed E-state index contributed by atoms with van der Waals surface area (Å²) in [6.07, 6.45) is 0.726. The quantitative estimate of drug-likeness (QED) is 0.368. The highest BCUT2D eigenvalue weighted by Gasteiger charge is 1.99. The van der Waals surface area contributed by atoms with E-state index in [2.05, 4.69) is 5.16 Å². The summed E-state index contributed by atoms with van der Waals surface area (Å²) in [6, 6.07) is 11.1. The summed E-state index contributed by atoms with van der Waals surface area (Å²) in [5.41, 5.74) is 5.75. The molecule has 2 rings (SSSR count). The van der Waals surface area contributed by atoms with Crippen LogP contribution in [0.25, 0.3) is 0 Å². The SMILES string of the molecule is N/C(=N/OCCCOc1ccc(Cl)cc1)c1cccs1. The number of halogens is 1. The average molecular weight is 311 g/mol. The van der Waals surface area contributed by atoms with Crippen LogP contribution in [-0.4, -0.2) is 19.0 Å². The molecule has 0 atom stereocenters. The van der Waals surface area contributed by atoms with Crippen molar-refractivity contribution in [1.82, 2.24) is 0 Å². The van der Waals surface area contributed by atoms with E-state index in [1.165, 1.54) is 11.3 Å². The Morgan fingerprint density at radius 2 is 2.00 bits per heavy atom. The van der Waals surface area contributed by atoms with Crippen molar-refractivity contribution < 1.29 is 9.57 Å². The van der Waals surface area contributed by atoms with Gasteiger partial charge in [0.05, 0.1) is 11.5 Å².